The Balaban J connectivity index is 1.63. The van der Waals surface area contributed by atoms with Crippen molar-refractivity contribution in [1.82, 2.24) is 0 Å². The van der Waals surface area contributed by atoms with E-state index in [0.717, 1.165) is 17.0 Å². The summed E-state index contributed by atoms with van der Waals surface area (Å²) in [7, 11) is 0. The number of nitriles is 1. The van der Waals surface area contributed by atoms with E-state index in [-0.39, 0.29) is 18.7 Å². The smallest absolute Gasteiger partial charge is 0.393 e. The van der Waals surface area contributed by atoms with Crippen LogP contribution in [0.3, 0.4) is 0 Å². The van der Waals surface area contributed by atoms with Crippen LogP contribution in [0.4, 0.5) is 18.9 Å². The summed E-state index contributed by atoms with van der Waals surface area (Å²) in [6.07, 6.45) is -6.17. The molecule has 4 saturated heterocycles. The molecule has 4 fully saturated rings. The number of amides is 1. The number of ether oxygens (including phenoxy) is 2. The lowest BCUT2D eigenvalue weighted by molar-refractivity contribution is -0.168. The number of benzene rings is 1. The summed E-state index contributed by atoms with van der Waals surface area (Å²) in [6, 6.07) is 4.60. The lowest BCUT2D eigenvalue weighted by atomic mass is 9.64. The predicted octanol–water partition coefficient (Wildman–Crippen LogP) is 1.17. The Hall–Kier alpha value is -2.19. The van der Waals surface area contributed by atoms with E-state index in [1.54, 1.807) is 0 Å². The third kappa shape index (κ3) is 2.19. The van der Waals surface area contributed by atoms with Gasteiger partial charge in [-0.1, -0.05) is 0 Å². The maximum absolute atomic E-state index is 13.4. The molecule has 4 heterocycles. The first-order valence-electron chi connectivity index (χ1n) is 9.24. The SMILES string of the molecule is N#Cc1ccc(N2C(=O)[C@H]3[C@H]4[C@@H]2OCC[C@@]42O[C@]3(CO)C[C@@H]2O)cc1C(F)(F)F. The minimum absolute atomic E-state index is 0.0419. The zero-order valence-electron chi connectivity index (χ0n) is 15.0. The van der Waals surface area contributed by atoms with Gasteiger partial charge in [-0.25, -0.2) is 0 Å². The van der Waals surface area contributed by atoms with Crippen molar-refractivity contribution in [1.29, 1.82) is 5.26 Å². The Morgan fingerprint density at radius 2 is 2.14 bits per heavy atom. The van der Waals surface area contributed by atoms with E-state index in [4.69, 9.17) is 14.7 Å². The second-order valence-corrected chi connectivity index (χ2v) is 8.06. The van der Waals surface area contributed by atoms with Crippen molar-refractivity contribution in [2.45, 2.75) is 42.6 Å². The minimum Gasteiger partial charge on any atom is -0.393 e. The Kier molecular flexibility index (Phi) is 3.70. The van der Waals surface area contributed by atoms with Crippen LogP contribution in [-0.4, -0.2) is 52.9 Å². The van der Waals surface area contributed by atoms with Gasteiger partial charge in [-0.3, -0.25) is 9.69 Å². The minimum atomic E-state index is -4.76. The third-order valence-electron chi connectivity index (χ3n) is 6.81. The maximum atomic E-state index is 13.4. The molecule has 2 N–H and O–H groups in total. The number of rotatable bonds is 2. The normalized spacial score (nSPS) is 40.3. The Morgan fingerprint density at radius 1 is 1.38 bits per heavy atom. The van der Waals surface area contributed by atoms with Gasteiger partial charge in [0.2, 0.25) is 5.91 Å². The molecule has 154 valence electrons. The molecule has 10 heteroatoms. The van der Waals surface area contributed by atoms with E-state index in [2.05, 4.69) is 0 Å². The standard InChI is InChI=1S/C19H17F3N2O5/c20-19(21,22)11-5-10(2-1-9(11)7-23)24-15(27)13-14-16(24)28-4-3-18(14)12(26)6-17(13,8-25)29-18/h1-2,5,12-14,16,25-26H,3-4,6,8H2/t12-,13+,14-,16-,17-,18-/m0/s1. The van der Waals surface area contributed by atoms with Crippen molar-refractivity contribution < 1.29 is 37.7 Å². The Morgan fingerprint density at radius 3 is 2.79 bits per heavy atom. The quantitative estimate of drug-likeness (QED) is 0.759. The van der Waals surface area contributed by atoms with Gasteiger partial charge >= 0.3 is 6.18 Å². The molecule has 0 radical (unpaired) electrons. The van der Waals surface area contributed by atoms with E-state index in [0.29, 0.717) is 6.42 Å². The number of halogens is 3. The lowest BCUT2D eigenvalue weighted by Gasteiger charge is -2.43. The van der Waals surface area contributed by atoms with Crippen molar-refractivity contribution >= 4 is 11.6 Å². The molecule has 0 saturated carbocycles. The van der Waals surface area contributed by atoms with Gasteiger partial charge in [0.1, 0.15) is 17.4 Å². The highest BCUT2D eigenvalue weighted by atomic mass is 19.4. The summed E-state index contributed by atoms with van der Waals surface area (Å²) in [5.74, 6) is -1.95. The van der Waals surface area contributed by atoms with Gasteiger partial charge in [-0.15, -0.1) is 0 Å². The molecule has 29 heavy (non-hydrogen) atoms. The maximum Gasteiger partial charge on any atom is 0.417 e. The zero-order valence-corrected chi connectivity index (χ0v) is 15.0. The fourth-order valence-electron chi connectivity index (χ4n) is 5.68. The number of carbonyl (C=O) groups is 1. The molecule has 4 aliphatic heterocycles. The van der Waals surface area contributed by atoms with Crippen molar-refractivity contribution in [3.8, 4) is 6.07 Å². The van der Waals surface area contributed by atoms with E-state index in [9.17, 15) is 28.2 Å². The number of hydrogen-bond donors (Lipinski definition) is 2. The van der Waals surface area contributed by atoms with Crippen LogP contribution in [0.1, 0.15) is 24.0 Å². The lowest BCUT2D eigenvalue weighted by Crippen LogP contribution is -2.57. The van der Waals surface area contributed by atoms with Crippen LogP contribution in [0, 0.1) is 23.2 Å². The van der Waals surface area contributed by atoms with Gasteiger partial charge < -0.3 is 19.7 Å². The van der Waals surface area contributed by atoms with Crippen molar-refractivity contribution in [2.75, 3.05) is 18.1 Å². The highest BCUT2D eigenvalue weighted by molar-refractivity contribution is 6.00. The second-order valence-electron chi connectivity index (χ2n) is 8.06. The van der Waals surface area contributed by atoms with Crippen LogP contribution in [0.15, 0.2) is 18.2 Å². The number of fused-ring (bicyclic) bond motifs is 2. The number of anilines is 1. The zero-order chi connectivity index (χ0) is 20.8. The van der Waals surface area contributed by atoms with E-state index in [1.165, 1.54) is 12.1 Å². The Bertz CT molecular complexity index is 947. The monoisotopic (exact) mass is 410 g/mol. The number of aliphatic hydroxyl groups excluding tert-OH is 2. The fourth-order valence-corrected chi connectivity index (χ4v) is 5.68. The van der Waals surface area contributed by atoms with Crippen molar-refractivity contribution in [2.24, 2.45) is 11.8 Å². The summed E-state index contributed by atoms with van der Waals surface area (Å²) in [5.41, 5.74) is -4.06. The molecule has 1 spiro atoms. The van der Waals surface area contributed by atoms with Crippen molar-refractivity contribution in [3.63, 3.8) is 0 Å². The number of aliphatic hydroxyl groups is 2. The molecule has 5 rings (SSSR count). The summed E-state index contributed by atoms with van der Waals surface area (Å²) >= 11 is 0. The number of alkyl halides is 3. The Labute approximate surface area is 163 Å². The molecular weight excluding hydrogens is 393 g/mol. The molecule has 2 bridgehead atoms. The summed E-state index contributed by atoms with van der Waals surface area (Å²) in [6.45, 7) is -0.334. The van der Waals surface area contributed by atoms with Crippen LogP contribution in [-0.2, 0) is 20.4 Å². The number of nitrogens with zero attached hydrogens (tertiary/aromatic N) is 2. The highest BCUT2D eigenvalue weighted by Crippen LogP contribution is 2.65. The van der Waals surface area contributed by atoms with Gasteiger partial charge in [0, 0.05) is 18.5 Å². The van der Waals surface area contributed by atoms with Crippen LogP contribution < -0.4 is 4.90 Å². The van der Waals surface area contributed by atoms with E-state index in [1.807, 2.05) is 0 Å². The van der Waals surface area contributed by atoms with Crippen LogP contribution in [0.25, 0.3) is 0 Å². The second kappa shape index (κ2) is 5.70. The molecular formula is C19H17F3N2O5. The van der Waals surface area contributed by atoms with E-state index >= 15 is 0 Å². The van der Waals surface area contributed by atoms with Gasteiger partial charge in [0.25, 0.3) is 0 Å². The van der Waals surface area contributed by atoms with Crippen LogP contribution >= 0.6 is 0 Å². The summed E-state index contributed by atoms with van der Waals surface area (Å²) in [4.78, 5) is 14.5. The molecule has 1 amide bonds. The van der Waals surface area contributed by atoms with Crippen molar-refractivity contribution in [3.05, 3.63) is 29.3 Å². The predicted molar refractivity (Wildman–Crippen MR) is 89.2 cm³/mol. The third-order valence-corrected chi connectivity index (χ3v) is 6.81. The first-order valence-corrected chi connectivity index (χ1v) is 9.24. The molecule has 0 unspecified atom stereocenters. The van der Waals surface area contributed by atoms with Gasteiger partial charge in [0.15, 0.2) is 0 Å². The van der Waals surface area contributed by atoms with Gasteiger partial charge in [-0.05, 0) is 18.2 Å². The summed E-state index contributed by atoms with van der Waals surface area (Å²) in [5, 5.41) is 29.6. The van der Waals surface area contributed by atoms with Crippen LogP contribution in [0.5, 0.6) is 0 Å². The first-order chi connectivity index (χ1) is 13.7. The van der Waals surface area contributed by atoms with Gasteiger partial charge in [-0.2, -0.15) is 18.4 Å². The number of hydrogen-bond acceptors (Lipinski definition) is 6. The molecule has 0 aliphatic carbocycles. The topological polar surface area (TPSA) is 103 Å². The molecule has 4 aliphatic rings. The molecule has 0 aromatic heterocycles. The van der Waals surface area contributed by atoms with E-state index < -0.39 is 65.2 Å². The first kappa shape index (κ1) is 18.8. The molecule has 7 nitrogen and oxygen atoms in total. The van der Waals surface area contributed by atoms with Crippen LogP contribution in [0.2, 0.25) is 0 Å². The molecule has 1 aromatic rings. The van der Waals surface area contributed by atoms with Gasteiger partial charge in [0.05, 0.1) is 48.3 Å². The average Bonchev–Trinajstić information content (AvgIpc) is 3.26. The molecule has 6 atom stereocenters. The molecule has 1 aromatic carbocycles. The fraction of sp³-hybridized carbons (Fsp3) is 0.579. The average molecular weight is 410 g/mol. The number of carbonyl (C=O) groups excluding carboxylic acids is 1. The highest BCUT2D eigenvalue weighted by Gasteiger charge is 2.79. The largest absolute Gasteiger partial charge is 0.417 e. The summed E-state index contributed by atoms with van der Waals surface area (Å²) < 4.78 is 52.1.